The Kier molecular flexibility index (Phi) is 4.86. The van der Waals surface area contributed by atoms with E-state index < -0.39 is 16.0 Å². The number of hydrogen-bond donors (Lipinski definition) is 1. The number of methoxy groups -OCH3 is 1. The number of hydrogen-bond acceptors (Lipinski definition) is 4. The third-order valence-electron chi connectivity index (χ3n) is 2.35. The first kappa shape index (κ1) is 14.7. The van der Waals surface area contributed by atoms with Crippen molar-refractivity contribution in [3.05, 3.63) is 29.3 Å². The zero-order valence-electron chi connectivity index (χ0n) is 10.7. The van der Waals surface area contributed by atoms with Gasteiger partial charge in [-0.05, 0) is 37.1 Å². The van der Waals surface area contributed by atoms with Crippen LogP contribution in [0.4, 0.5) is 0 Å². The number of nitrogens with one attached hydrogen (secondary N) is 1. The third kappa shape index (κ3) is 4.12. The van der Waals surface area contributed by atoms with Crippen LogP contribution in [0.25, 0.3) is 0 Å². The second kappa shape index (κ2) is 5.97. The quantitative estimate of drug-likeness (QED) is 0.815. The summed E-state index contributed by atoms with van der Waals surface area (Å²) in [5.74, 6) is -0.446. The highest BCUT2D eigenvalue weighted by Gasteiger charge is 2.14. The highest BCUT2D eigenvalue weighted by Crippen LogP contribution is 2.14. The van der Waals surface area contributed by atoms with Crippen LogP contribution in [0.2, 0.25) is 0 Å². The predicted molar refractivity (Wildman–Crippen MR) is 67.7 cm³/mol. The summed E-state index contributed by atoms with van der Waals surface area (Å²) in [4.78, 5) is 11.1. The molecule has 0 radical (unpaired) electrons. The first-order valence-corrected chi connectivity index (χ1v) is 6.98. The molecule has 0 fully saturated rings. The van der Waals surface area contributed by atoms with E-state index in [9.17, 15) is 13.2 Å². The van der Waals surface area contributed by atoms with Gasteiger partial charge in [-0.3, -0.25) is 4.79 Å². The van der Waals surface area contributed by atoms with Crippen molar-refractivity contribution in [3.63, 3.8) is 0 Å². The molecule has 0 unspecified atom stereocenters. The van der Waals surface area contributed by atoms with Crippen LogP contribution in [0.5, 0.6) is 0 Å². The standard InChI is InChI=1S/C12H17NO4S/c1-9-6-10(2)8-11(7-9)18(15,16)13-5-4-12(14)17-3/h6-8,13H,4-5H2,1-3H3. The van der Waals surface area contributed by atoms with Crippen LogP contribution in [0.3, 0.4) is 0 Å². The molecule has 0 heterocycles. The Labute approximate surface area is 107 Å². The van der Waals surface area contributed by atoms with Crippen LogP contribution in [0, 0.1) is 13.8 Å². The summed E-state index contributed by atoms with van der Waals surface area (Å²) in [7, 11) is -2.30. The summed E-state index contributed by atoms with van der Waals surface area (Å²) in [6.45, 7) is 3.70. The first-order valence-electron chi connectivity index (χ1n) is 5.50. The predicted octanol–water partition coefficient (Wildman–Crippen LogP) is 1.14. The number of ether oxygens (including phenoxy) is 1. The lowest BCUT2D eigenvalue weighted by Crippen LogP contribution is -2.26. The molecule has 5 nitrogen and oxygen atoms in total. The molecule has 0 saturated heterocycles. The molecule has 0 saturated carbocycles. The van der Waals surface area contributed by atoms with E-state index >= 15 is 0 Å². The van der Waals surface area contributed by atoms with E-state index in [1.54, 1.807) is 12.1 Å². The molecular weight excluding hydrogens is 254 g/mol. The largest absolute Gasteiger partial charge is 0.469 e. The van der Waals surface area contributed by atoms with Gasteiger partial charge in [-0.2, -0.15) is 0 Å². The lowest BCUT2D eigenvalue weighted by Gasteiger charge is -2.08. The monoisotopic (exact) mass is 271 g/mol. The molecule has 0 aliphatic heterocycles. The second-order valence-corrected chi connectivity index (χ2v) is 5.81. The molecule has 1 rings (SSSR count). The van der Waals surface area contributed by atoms with Crippen molar-refractivity contribution in [3.8, 4) is 0 Å². The SMILES string of the molecule is COC(=O)CCNS(=O)(=O)c1cc(C)cc(C)c1. The Morgan fingerprint density at radius 3 is 2.28 bits per heavy atom. The normalized spacial score (nSPS) is 11.3. The number of aryl methyl sites for hydroxylation is 2. The van der Waals surface area contributed by atoms with Crippen LogP contribution in [0.15, 0.2) is 23.1 Å². The van der Waals surface area contributed by atoms with Crippen LogP contribution in [-0.4, -0.2) is 28.0 Å². The Bertz CT molecular complexity index is 517. The van der Waals surface area contributed by atoms with Crippen molar-refractivity contribution in [2.45, 2.75) is 25.2 Å². The van der Waals surface area contributed by atoms with Crippen LogP contribution < -0.4 is 4.72 Å². The molecule has 6 heteroatoms. The minimum absolute atomic E-state index is 0.0144. The molecule has 0 aliphatic rings. The molecule has 0 aliphatic carbocycles. The molecule has 0 spiro atoms. The Morgan fingerprint density at radius 2 is 1.78 bits per heavy atom. The smallest absolute Gasteiger partial charge is 0.306 e. The number of esters is 1. The number of sulfonamides is 1. The third-order valence-corrected chi connectivity index (χ3v) is 3.79. The molecule has 0 aromatic heterocycles. The first-order chi connectivity index (χ1) is 8.35. The van der Waals surface area contributed by atoms with Crippen molar-refractivity contribution in [2.24, 2.45) is 0 Å². The Balaban J connectivity index is 2.77. The van der Waals surface area contributed by atoms with Crippen molar-refractivity contribution in [1.29, 1.82) is 0 Å². The molecule has 0 atom stereocenters. The molecule has 0 bridgehead atoms. The van der Waals surface area contributed by atoms with Crippen LogP contribution in [0.1, 0.15) is 17.5 Å². The van der Waals surface area contributed by atoms with E-state index in [0.29, 0.717) is 0 Å². The van der Waals surface area contributed by atoms with Gasteiger partial charge in [0, 0.05) is 6.54 Å². The van der Waals surface area contributed by atoms with E-state index in [1.165, 1.54) is 7.11 Å². The van der Waals surface area contributed by atoms with Gasteiger partial charge < -0.3 is 4.74 Å². The zero-order valence-corrected chi connectivity index (χ0v) is 11.5. The van der Waals surface area contributed by atoms with Gasteiger partial charge >= 0.3 is 5.97 Å². The fourth-order valence-corrected chi connectivity index (χ4v) is 2.78. The van der Waals surface area contributed by atoms with Crippen molar-refractivity contribution in [2.75, 3.05) is 13.7 Å². The van der Waals surface area contributed by atoms with Gasteiger partial charge in [0.2, 0.25) is 10.0 Å². The molecule has 0 amide bonds. The van der Waals surface area contributed by atoms with Crippen molar-refractivity contribution in [1.82, 2.24) is 4.72 Å². The maximum atomic E-state index is 11.9. The average molecular weight is 271 g/mol. The second-order valence-electron chi connectivity index (χ2n) is 4.05. The Hall–Kier alpha value is -1.40. The van der Waals surface area contributed by atoms with Crippen LogP contribution >= 0.6 is 0 Å². The average Bonchev–Trinajstić information content (AvgIpc) is 2.27. The Morgan fingerprint density at radius 1 is 1.22 bits per heavy atom. The number of carbonyl (C=O) groups is 1. The number of benzene rings is 1. The van der Waals surface area contributed by atoms with E-state index in [-0.39, 0.29) is 17.9 Å². The molecule has 1 aromatic rings. The van der Waals surface area contributed by atoms with E-state index in [4.69, 9.17) is 0 Å². The topological polar surface area (TPSA) is 72.5 Å². The zero-order chi connectivity index (χ0) is 13.8. The van der Waals surface area contributed by atoms with E-state index in [2.05, 4.69) is 9.46 Å². The maximum Gasteiger partial charge on any atom is 0.306 e. The molecular formula is C12H17NO4S. The van der Waals surface area contributed by atoms with Crippen LogP contribution in [-0.2, 0) is 19.6 Å². The minimum atomic E-state index is -3.57. The summed E-state index contributed by atoms with van der Waals surface area (Å²) >= 11 is 0. The van der Waals surface area contributed by atoms with Crippen molar-refractivity contribution >= 4 is 16.0 Å². The van der Waals surface area contributed by atoms with Gasteiger partial charge in [-0.25, -0.2) is 13.1 Å². The number of rotatable bonds is 5. The fraction of sp³-hybridized carbons (Fsp3) is 0.417. The summed E-state index contributed by atoms with van der Waals surface area (Å²) in [6, 6.07) is 5.08. The van der Waals surface area contributed by atoms with Gasteiger partial charge in [0.25, 0.3) is 0 Å². The van der Waals surface area contributed by atoms with Gasteiger partial charge in [-0.1, -0.05) is 6.07 Å². The van der Waals surface area contributed by atoms with E-state index in [0.717, 1.165) is 11.1 Å². The molecule has 18 heavy (non-hydrogen) atoms. The van der Waals surface area contributed by atoms with Gasteiger partial charge in [0.15, 0.2) is 0 Å². The fourth-order valence-electron chi connectivity index (χ4n) is 1.56. The number of carbonyl (C=O) groups excluding carboxylic acids is 1. The van der Waals surface area contributed by atoms with E-state index in [1.807, 2.05) is 19.9 Å². The summed E-state index contributed by atoms with van der Waals surface area (Å²) in [5, 5.41) is 0. The summed E-state index contributed by atoms with van der Waals surface area (Å²) < 4.78 is 30.7. The minimum Gasteiger partial charge on any atom is -0.469 e. The van der Waals surface area contributed by atoms with Gasteiger partial charge in [0.1, 0.15) is 0 Å². The molecule has 1 aromatic carbocycles. The highest BCUT2D eigenvalue weighted by atomic mass is 32.2. The summed E-state index contributed by atoms with van der Waals surface area (Å²) in [6.07, 6.45) is 0.0144. The lowest BCUT2D eigenvalue weighted by atomic mass is 10.2. The summed E-state index contributed by atoms with van der Waals surface area (Å²) in [5.41, 5.74) is 1.76. The van der Waals surface area contributed by atoms with Gasteiger partial charge in [0.05, 0.1) is 18.4 Å². The van der Waals surface area contributed by atoms with Crippen molar-refractivity contribution < 1.29 is 17.9 Å². The van der Waals surface area contributed by atoms with Gasteiger partial charge in [-0.15, -0.1) is 0 Å². The lowest BCUT2D eigenvalue weighted by molar-refractivity contribution is -0.140. The maximum absolute atomic E-state index is 11.9. The molecule has 1 N–H and O–H groups in total. The molecule has 100 valence electrons. The highest BCUT2D eigenvalue weighted by molar-refractivity contribution is 7.89.